The minimum Gasteiger partial charge on any atom is -0.478 e. The third-order valence-corrected chi connectivity index (χ3v) is 2.93. The normalized spacial score (nSPS) is 20.1. The maximum absolute atomic E-state index is 11.1. The lowest BCUT2D eigenvalue weighted by atomic mass is 10.2. The Kier molecular flexibility index (Phi) is 3.05. The molecule has 1 aliphatic heterocycles. The van der Waals surface area contributed by atoms with Crippen LogP contribution in [0.2, 0.25) is 0 Å². The average molecular weight is 222 g/mol. The van der Waals surface area contributed by atoms with E-state index in [1.165, 1.54) is 12.3 Å². The summed E-state index contributed by atoms with van der Waals surface area (Å²) >= 11 is 0. The molecular formula is C11H14N2O3. The lowest BCUT2D eigenvalue weighted by Crippen LogP contribution is -2.33. The van der Waals surface area contributed by atoms with Gasteiger partial charge in [-0.1, -0.05) is 0 Å². The summed E-state index contributed by atoms with van der Waals surface area (Å²) in [5, 5.41) is 18.3. The first-order chi connectivity index (χ1) is 7.74. The largest absolute Gasteiger partial charge is 0.478 e. The standard InChI is InChI=1S/C11H14N2O3/c14-7-8-2-1-5-13(8)10-6-12-4-3-9(10)11(15)16/h3-4,6,8,14H,1-2,5,7H2,(H,15,16). The van der Waals surface area contributed by atoms with Gasteiger partial charge in [0.25, 0.3) is 0 Å². The summed E-state index contributed by atoms with van der Waals surface area (Å²) < 4.78 is 0. The number of carboxylic acids is 1. The minimum absolute atomic E-state index is 0.0160. The molecule has 2 heterocycles. The van der Waals surface area contributed by atoms with Crippen molar-refractivity contribution in [2.45, 2.75) is 18.9 Å². The number of aromatic carboxylic acids is 1. The highest BCUT2D eigenvalue weighted by Crippen LogP contribution is 2.27. The first-order valence-corrected chi connectivity index (χ1v) is 5.29. The molecule has 0 radical (unpaired) electrons. The fraction of sp³-hybridized carbons (Fsp3) is 0.455. The van der Waals surface area contributed by atoms with Crippen LogP contribution in [-0.4, -0.2) is 40.4 Å². The molecule has 5 nitrogen and oxygen atoms in total. The van der Waals surface area contributed by atoms with E-state index < -0.39 is 5.97 Å². The summed E-state index contributed by atoms with van der Waals surface area (Å²) in [7, 11) is 0. The van der Waals surface area contributed by atoms with E-state index in [1.54, 1.807) is 6.20 Å². The Balaban J connectivity index is 2.35. The van der Waals surface area contributed by atoms with Crippen LogP contribution in [0.4, 0.5) is 5.69 Å². The zero-order chi connectivity index (χ0) is 11.5. The Bertz CT molecular complexity index is 395. The number of pyridine rings is 1. The fourth-order valence-corrected chi connectivity index (χ4v) is 2.14. The van der Waals surface area contributed by atoms with E-state index in [2.05, 4.69) is 4.98 Å². The monoisotopic (exact) mass is 222 g/mol. The van der Waals surface area contributed by atoms with Crippen molar-refractivity contribution in [3.05, 3.63) is 24.0 Å². The van der Waals surface area contributed by atoms with Crippen molar-refractivity contribution in [3.8, 4) is 0 Å². The third-order valence-electron chi connectivity index (χ3n) is 2.93. The van der Waals surface area contributed by atoms with E-state index in [4.69, 9.17) is 5.11 Å². The molecule has 0 bridgehead atoms. The second-order valence-corrected chi connectivity index (χ2v) is 3.87. The summed E-state index contributed by atoms with van der Waals surface area (Å²) in [5.41, 5.74) is 0.849. The van der Waals surface area contributed by atoms with Crippen LogP contribution in [0.15, 0.2) is 18.5 Å². The number of carbonyl (C=O) groups is 1. The number of aliphatic hydroxyl groups is 1. The highest BCUT2D eigenvalue weighted by molar-refractivity contribution is 5.94. The summed E-state index contributed by atoms with van der Waals surface area (Å²) in [5.74, 6) is -0.957. The first kappa shape index (κ1) is 10.9. The molecule has 16 heavy (non-hydrogen) atoms. The SMILES string of the molecule is O=C(O)c1ccncc1N1CCCC1CO. The van der Waals surface area contributed by atoms with Gasteiger partial charge < -0.3 is 15.1 Å². The van der Waals surface area contributed by atoms with Crippen LogP contribution in [0.3, 0.4) is 0 Å². The molecule has 1 atom stereocenters. The molecule has 1 aliphatic rings. The highest BCUT2D eigenvalue weighted by Gasteiger charge is 2.27. The van der Waals surface area contributed by atoms with Gasteiger partial charge in [-0.15, -0.1) is 0 Å². The molecule has 1 aromatic rings. The van der Waals surface area contributed by atoms with Gasteiger partial charge in [-0.3, -0.25) is 4.98 Å². The predicted octanol–water partition coefficient (Wildman–Crippen LogP) is 0.741. The van der Waals surface area contributed by atoms with Crippen LogP contribution in [0.25, 0.3) is 0 Å². The van der Waals surface area contributed by atoms with Crippen molar-refractivity contribution >= 4 is 11.7 Å². The first-order valence-electron chi connectivity index (χ1n) is 5.29. The van der Waals surface area contributed by atoms with E-state index in [0.717, 1.165) is 19.4 Å². The van der Waals surface area contributed by atoms with Gasteiger partial charge in [-0.05, 0) is 18.9 Å². The van der Waals surface area contributed by atoms with Gasteiger partial charge in [-0.25, -0.2) is 4.79 Å². The molecule has 0 aromatic carbocycles. The van der Waals surface area contributed by atoms with Gasteiger partial charge in [0.1, 0.15) is 0 Å². The number of rotatable bonds is 3. The van der Waals surface area contributed by atoms with E-state index in [-0.39, 0.29) is 18.2 Å². The van der Waals surface area contributed by atoms with Gasteiger partial charge in [0.15, 0.2) is 0 Å². The van der Waals surface area contributed by atoms with Gasteiger partial charge in [-0.2, -0.15) is 0 Å². The van der Waals surface area contributed by atoms with E-state index in [1.807, 2.05) is 4.90 Å². The Morgan fingerprint density at radius 3 is 3.12 bits per heavy atom. The molecule has 0 saturated carbocycles. The van der Waals surface area contributed by atoms with Crippen molar-refractivity contribution in [2.24, 2.45) is 0 Å². The van der Waals surface area contributed by atoms with Crippen LogP contribution < -0.4 is 4.90 Å². The van der Waals surface area contributed by atoms with E-state index in [9.17, 15) is 9.90 Å². The molecule has 1 unspecified atom stereocenters. The second-order valence-electron chi connectivity index (χ2n) is 3.87. The van der Waals surface area contributed by atoms with E-state index >= 15 is 0 Å². The molecule has 2 rings (SSSR count). The average Bonchev–Trinajstić information content (AvgIpc) is 2.76. The van der Waals surface area contributed by atoms with Gasteiger partial charge >= 0.3 is 5.97 Å². The summed E-state index contributed by atoms with van der Waals surface area (Å²) in [4.78, 5) is 16.9. The van der Waals surface area contributed by atoms with Gasteiger partial charge in [0.2, 0.25) is 0 Å². The number of aromatic nitrogens is 1. The Morgan fingerprint density at radius 1 is 1.62 bits per heavy atom. The number of nitrogens with zero attached hydrogens (tertiary/aromatic N) is 2. The third kappa shape index (κ3) is 1.86. The zero-order valence-corrected chi connectivity index (χ0v) is 8.83. The maximum Gasteiger partial charge on any atom is 0.337 e. The Morgan fingerprint density at radius 2 is 2.44 bits per heavy atom. The van der Waals surface area contributed by atoms with Crippen LogP contribution in [0.5, 0.6) is 0 Å². The second kappa shape index (κ2) is 4.49. The lowest BCUT2D eigenvalue weighted by Gasteiger charge is -2.26. The molecule has 86 valence electrons. The van der Waals surface area contributed by atoms with Gasteiger partial charge in [0, 0.05) is 12.7 Å². The lowest BCUT2D eigenvalue weighted by molar-refractivity contribution is 0.0697. The van der Waals surface area contributed by atoms with Crippen molar-refractivity contribution in [3.63, 3.8) is 0 Å². The number of hydrogen-bond acceptors (Lipinski definition) is 4. The molecule has 1 aromatic heterocycles. The van der Waals surface area contributed by atoms with Crippen LogP contribution in [0, 0.1) is 0 Å². The Labute approximate surface area is 93.3 Å². The van der Waals surface area contributed by atoms with Crippen molar-refractivity contribution in [2.75, 3.05) is 18.1 Å². The Hall–Kier alpha value is -1.62. The number of aliphatic hydroxyl groups excluding tert-OH is 1. The van der Waals surface area contributed by atoms with Crippen molar-refractivity contribution in [1.29, 1.82) is 0 Å². The molecule has 0 aliphatic carbocycles. The minimum atomic E-state index is -0.957. The molecule has 5 heteroatoms. The van der Waals surface area contributed by atoms with Crippen LogP contribution in [0.1, 0.15) is 23.2 Å². The van der Waals surface area contributed by atoms with Crippen LogP contribution >= 0.6 is 0 Å². The summed E-state index contributed by atoms with van der Waals surface area (Å²) in [6, 6.07) is 1.51. The molecule has 0 spiro atoms. The fourth-order valence-electron chi connectivity index (χ4n) is 2.14. The quantitative estimate of drug-likeness (QED) is 0.789. The maximum atomic E-state index is 11.1. The molecular weight excluding hydrogens is 208 g/mol. The highest BCUT2D eigenvalue weighted by atomic mass is 16.4. The molecule has 1 saturated heterocycles. The molecule has 1 fully saturated rings. The smallest absolute Gasteiger partial charge is 0.337 e. The number of hydrogen-bond donors (Lipinski definition) is 2. The summed E-state index contributed by atoms with van der Waals surface area (Å²) in [6.45, 7) is 0.825. The molecule has 0 amide bonds. The van der Waals surface area contributed by atoms with Crippen LogP contribution in [-0.2, 0) is 0 Å². The predicted molar refractivity (Wildman–Crippen MR) is 58.7 cm³/mol. The zero-order valence-electron chi connectivity index (χ0n) is 8.83. The van der Waals surface area contributed by atoms with Crippen molar-refractivity contribution < 1.29 is 15.0 Å². The van der Waals surface area contributed by atoms with Crippen molar-refractivity contribution in [1.82, 2.24) is 4.98 Å². The topological polar surface area (TPSA) is 73.7 Å². The number of anilines is 1. The van der Waals surface area contributed by atoms with Gasteiger partial charge in [0.05, 0.1) is 30.1 Å². The van der Waals surface area contributed by atoms with E-state index in [0.29, 0.717) is 5.69 Å². The number of carboxylic acid groups (broad SMARTS) is 1. The molecule has 2 N–H and O–H groups in total. The summed E-state index contributed by atoms with van der Waals surface area (Å²) in [6.07, 6.45) is 4.89.